The van der Waals surface area contributed by atoms with Crippen LogP contribution in [0.25, 0.3) is 0 Å². The van der Waals surface area contributed by atoms with Gasteiger partial charge in [-0.15, -0.1) is 6.58 Å². The molecule has 2 heterocycles. The van der Waals surface area contributed by atoms with Crippen LogP contribution in [0.1, 0.15) is 118 Å². The van der Waals surface area contributed by atoms with Crippen LogP contribution in [-0.2, 0) is 29.0 Å². The van der Waals surface area contributed by atoms with Gasteiger partial charge in [-0.25, -0.2) is 13.2 Å². The molecule has 0 aromatic rings. The Labute approximate surface area is 292 Å². The Balaban J connectivity index is 1.56. The monoisotopic (exact) mass is 705 g/mol. The molecule has 13 heteroatoms. The van der Waals surface area contributed by atoms with Gasteiger partial charge in [0.15, 0.2) is 9.84 Å². The largest absolute Gasteiger partial charge is 0.346 e. The maximum absolute atomic E-state index is 14.5. The van der Waals surface area contributed by atoms with E-state index in [1.165, 1.54) is 6.08 Å². The van der Waals surface area contributed by atoms with E-state index in [0.717, 1.165) is 51.4 Å². The average molecular weight is 706 g/mol. The Bertz CT molecular complexity index is 1350. The number of carbonyl (C=O) groups excluding carboxylic acids is 5. The zero-order chi connectivity index (χ0) is 36.0. The third kappa shape index (κ3) is 9.05. The van der Waals surface area contributed by atoms with E-state index in [2.05, 4.69) is 27.8 Å². The predicted molar refractivity (Wildman–Crippen MR) is 188 cm³/mol. The molecule has 0 spiro atoms. The normalized spacial score (nSPS) is 27.2. The fourth-order valence-corrected chi connectivity index (χ4v) is 11.1. The third-order valence-corrected chi connectivity index (χ3v) is 13.7. The molecule has 0 aromatic carbocycles. The number of urea groups is 1. The summed E-state index contributed by atoms with van der Waals surface area (Å²) in [6.07, 6.45) is 11.4. The van der Waals surface area contributed by atoms with E-state index in [1.807, 2.05) is 27.7 Å². The molecule has 5 amide bonds. The number of hydrogen-bond donors (Lipinski definition) is 4. The molecule has 276 valence electrons. The molecule has 0 unspecified atom stereocenters. The first-order valence-corrected chi connectivity index (χ1v) is 20.2. The molecule has 4 aliphatic rings. The maximum atomic E-state index is 14.5. The zero-order valence-corrected chi connectivity index (χ0v) is 30.8. The highest BCUT2D eigenvalue weighted by Crippen LogP contribution is 2.43. The number of nitrogens with zero attached hydrogens (tertiary/aromatic N) is 1. The van der Waals surface area contributed by atoms with Gasteiger partial charge < -0.3 is 26.2 Å². The third-order valence-electron chi connectivity index (χ3n) is 11.2. The van der Waals surface area contributed by atoms with Gasteiger partial charge in [-0.05, 0) is 62.2 Å². The Morgan fingerprint density at radius 1 is 0.959 bits per heavy atom. The van der Waals surface area contributed by atoms with Gasteiger partial charge in [-0.2, -0.15) is 0 Å². The summed E-state index contributed by atoms with van der Waals surface area (Å²) >= 11 is 0. The number of ketones is 1. The second-order valence-electron chi connectivity index (χ2n) is 15.8. The fourth-order valence-electron chi connectivity index (χ4n) is 8.71. The van der Waals surface area contributed by atoms with Crippen molar-refractivity contribution in [1.82, 2.24) is 26.2 Å². The SMILES string of the molecule is C=CCNC(=O)C(=O)[C@H](CCCC)NC(=O)[C@@H]1[C@H]2CCC[C@H]2CN1C(=O)[C@@H](NC(=O)NC1([C@@H]2CCCCS2(=O)=O)CCCCC1)C(C)(C)C. The number of amides is 5. The lowest BCUT2D eigenvalue weighted by molar-refractivity contribution is -0.144. The fraction of sp³-hybridized carbons (Fsp3) is 0.806. The summed E-state index contributed by atoms with van der Waals surface area (Å²) in [6, 6.07) is -3.46. The number of nitrogens with one attached hydrogen (secondary N) is 4. The predicted octanol–water partition coefficient (Wildman–Crippen LogP) is 3.54. The van der Waals surface area contributed by atoms with Crippen LogP contribution in [0.15, 0.2) is 12.7 Å². The van der Waals surface area contributed by atoms with Crippen LogP contribution in [0.2, 0.25) is 0 Å². The van der Waals surface area contributed by atoms with Crippen molar-refractivity contribution < 1.29 is 32.4 Å². The van der Waals surface area contributed by atoms with Crippen LogP contribution in [0.4, 0.5) is 4.79 Å². The first-order valence-electron chi connectivity index (χ1n) is 18.5. The van der Waals surface area contributed by atoms with Crippen LogP contribution in [0, 0.1) is 17.3 Å². The Morgan fingerprint density at radius 3 is 2.31 bits per heavy atom. The number of unbranched alkanes of at least 4 members (excludes halogenated alkanes) is 1. The summed E-state index contributed by atoms with van der Waals surface area (Å²) in [7, 11) is -3.39. The molecule has 0 bridgehead atoms. The van der Waals surface area contributed by atoms with E-state index in [-0.39, 0.29) is 30.0 Å². The molecule has 0 radical (unpaired) electrons. The van der Waals surface area contributed by atoms with Gasteiger partial charge in [0.05, 0.1) is 22.6 Å². The molecule has 2 saturated carbocycles. The molecule has 2 saturated heterocycles. The Morgan fingerprint density at radius 2 is 1.67 bits per heavy atom. The number of rotatable bonds is 13. The van der Waals surface area contributed by atoms with E-state index in [4.69, 9.17) is 0 Å². The van der Waals surface area contributed by atoms with Gasteiger partial charge in [0.1, 0.15) is 12.1 Å². The van der Waals surface area contributed by atoms with Crippen LogP contribution < -0.4 is 21.3 Å². The summed E-state index contributed by atoms with van der Waals surface area (Å²) in [6.45, 7) is 11.6. The lowest BCUT2D eigenvalue weighted by Crippen LogP contribution is -2.66. The van der Waals surface area contributed by atoms with Gasteiger partial charge in [0.2, 0.25) is 17.6 Å². The molecule has 12 nitrogen and oxygen atoms in total. The summed E-state index contributed by atoms with van der Waals surface area (Å²) in [5, 5.41) is 10.7. The number of likely N-dealkylation sites (tertiary alicyclic amines) is 1. The summed E-state index contributed by atoms with van der Waals surface area (Å²) < 4.78 is 26.5. The molecule has 49 heavy (non-hydrogen) atoms. The lowest BCUT2D eigenvalue weighted by Gasteiger charge is -2.45. The van der Waals surface area contributed by atoms with Crippen LogP contribution in [-0.4, -0.2) is 90.6 Å². The zero-order valence-electron chi connectivity index (χ0n) is 30.0. The first kappa shape index (κ1) is 38.8. The highest BCUT2D eigenvalue weighted by molar-refractivity contribution is 7.92. The molecular weight excluding hydrogens is 646 g/mol. The molecule has 4 fully saturated rings. The second-order valence-corrected chi connectivity index (χ2v) is 18.1. The van der Waals surface area contributed by atoms with Crippen molar-refractivity contribution >= 4 is 39.4 Å². The van der Waals surface area contributed by atoms with Crippen molar-refractivity contribution in [2.45, 2.75) is 147 Å². The van der Waals surface area contributed by atoms with Gasteiger partial charge in [-0.3, -0.25) is 19.2 Å². The number of Topliss-reactive ketones (excluding diaryl/α,β-unsaturated/α-hetero) is 1. The van der Waals surface area contributed by atoms with Crippen molar-refractivity contribution in [1.29, 1.82) is 0 Å². The smallest absolute Gasteiger partial charge is 0.315 e. The topological polar surface area (TPSA) is 171 Å². The molecule has 6 atom stereocenters. The number of hydrogen-bond acceptors (Lipinski definition) is 7. The second kappa shape index (κ2) is 16.4. The van der Waals surface area contributed by atoms with E-state index < -0.39 is 67.8 Å². The number of fused-ring (bicyclic) bond motifs is 1. The van der Waals surface area contributed by atoms with Crippen LogP contribution in [0.5, 0.6) is 0 Å². The van der Waals surface area contributed by atoms with Gasteiger partial charge >= 0.3 is 6.03 Å². The lowest BCUT2D eigenvalue weighted by atomic mass is 9.77. The minimum atomic E-state index is -3.39. The Hall–Kier alpha value is -2.96. The highest BCUT2D eigenvalue weighted by Gasteiger charge is 2.53. The van der Waals surface area contributed by atoms with E-state index >= 15 is 0 Å². The standard InChI is InChI=1S/C36H59N5O7S/c1-6-8-17-26(29(42)32(44)37-21-7-2)38-31(43)28-25-16-14-15-24(25)23-41(28)33(45)30(35(3,4)5)39-34(46)40-36(19-11-9-12-20-36)27-18-10-13-22-49(27,47)48/h7,24-28,30H,2,6,8-23H2,1,3-5H3,(H,37,44)(H,38,43)(H2,39,40,46)/t24-,25-,26-,27-,28-,30+/m0/s1. The number of sulfone groups is 1. The quantitative estimate of drug-likeness (QED) is 0.168. The van der Waals surface area contributed by atoms with Crippen molar-refractivity contribution in [2.75, 3.05) is 18.8 Å². The number of carbonyl (C=O) groups is 5. The van der Waals surface area contributed by atoms with E-state index in [1.54, 1.807) is 4.90 Å². The molecule has 2 aliphatic heterocycles. The molecule has 2 aliphatic carbocycles. The summed E-state index contributed by atoms with van der Waals surface area (Å²) in [5.41, 5.74) is -1.63. The molecular formula is C36H59N5O7S. The minimum absolute atomic E-state index is 0.100. The van der Waals surface area contributed by atoms with Crippen molar-refractivity contribution in [2.24, 2.45) is 17.3 Å². The van der Waals surface area contributed by atoms with Gasteiger partial charge in [0.25, 0.3) is 5.91 Å². The van der Waals surface area contributed by atoms with Crippen molar-refractivity contribution in [3.05, 3.63) is 12.7 Å². The highest BCUT2D eigenvalue weighted by atomic mass is 32.2. The van der Waals surface area contributed by atoms with Crippen LogP contribution in [0.3, 0.4) is 0 Å². The molecule has 4 rings (SSSR count). The van der Waals surface area contributed by atoms with Gasteiger partial charge in [0, 0.05) is 13.1 Å². The average Bonchev–Trinajstić information content (AvgIpc) is 3.65. The Kier molecular flexibility index (Phi) is 13.0. The van der Waals surface area contributed by atoms with Crippen molar-refractivity contribution in [3.8, 4) is 0 Å². The first-order chi connectivity index (χ1) is 23.1. The van der Waals surface area contributed by atoms with E-state index in [9.17, 15) is 32.4 Å². The van der Waals surface area contributed by atoms with Crippen LogP contribution >= 0.6 is 0 Å². The summed E-state index contributed by atoms with van der Waals surface area (Å²) in [4.78, 5) is 69.8. The minimum Gasteiger partial charge on any atom is -0.346 e. The maximum Gasteiger partial charge on any atom is 0.315 e. The van der Waals surface area contributed by atoms with E-state index in [0.29, 0.717) is 45.1 Å². The van der Waals surface area contributed by atoms with Gasteiger partial charge in [-0.1, -0.05) is 78.7 Å². The molecule has 0 aromatic heterocycles. The molecule has 4 N–H and O–H groups in total. The summed E-state index contributed by atoms with van der Waals surface area (Å²) in [5.74, 6) is -2.25. The van der Waals surface area contributed by atoms with Crippen molar-refractivity contribution in [3.63, 3.8) is 0 Å².